The average Bonchev–Trinajstić information content (AvgIpc) is 2.48. The first-order valence-corrected chi connectivity index (χ1v) is 8.01. The van der Waals surface area contributed by atoms with Gasteiger partial charge in [-0.2, -0.15) is 0 Å². The van der Waals surface area contributed by atoms with Crippen molar-refractivity contribution in [2.45, 2.75) is 6.61 Å². The maximum Gasteiger partial charge on any atom is 0.128 e. The van der Waals surface area contributed by atoms with Gasteiger partial charge in [-0.15, -0.1) is 0 Å². The molecule has 3 aromatic carbocycles. The summed E-state index contributed by atoms with van der Waals surface area (Å²) in [5, 5.41) is 11.5. The highest BCUT2D eigenvalue weighted by molar-refractivity contribution is 9.10. The van der Waals surface area contributed by atoms with Gasteiger partial charge in [0.25, 0.3) is 0 Å². The lowest BCUT2D eigenvalue weighted by molar-refractivity contribution is 0.281. The normalized spacial score (nSPS) is 10.8. The second kappa shape index (κ2) is 6.18. The highest BCUT2D eigenvalue weighted by atomic mass is 79.9. The predicted octanol–water partition coefficient (Wildman–Crippen LogP) is 5.65. The van der Waals surface area contributed by atoms with Gasteiger partial charge in [-0.05, 0) is 52.7 Å². The van der Waals surface area contributed by atoms with E-state index < -0.39 is 0 Å². The van der Waals surface area contributed by atoms with Crippen molar-refractivity contribution in [1.29, 1.82) is 0 Å². The summed E-state index contributed by atoms with van der Waals surface area (Å²) >= 11 is 6.89. The lowest BCUT2D eigenvalue weighted by Crippen LogP contribution is -1.88. The van der Waals surface area contributed by atoms with Gasteiger partial charge in [-0.3, -0.25) is 0 Å². The van der Waals surface area contributed by atoms with E-state index in [1.807, 2.05) is 42.5 Å². The van der Waals surface area contributed by atoms with Gasteiger partial charge in [-0.1, -0.05) is 50.1 Å². The van der Waals surface area contributed by atoms with Gasteiger partial charge < -0.3 is 9.84 Å². The molecule has 0 spiro atoms. The number of hydrogen-bond donors (Lipinski definition) is 1. The largest absolute Gasteiger partial charge is 0.457 e. The summed E-state index contributed by atoms with van der Waals surface area (Å²) in [6, 6.07) is 17.7. The van der Waals surface area contributed by atoms with Crippen LogP contribution >= 0.6 is 31.9 Å². The van der Waals surface area contributed by atoms with Gasteiger partial charge in [0.15, 0.2) is 0 Å². The number of aliphatic hydroxyl groups is 1. The van der Waals surface area contributed by atoms with E-state index in [9.17, 15) is 0 Å². The maximum atomic E-state index is 9.17. The zero-order chi connectivity index (χ0) is 14.8. The number of ether oxygens (including phenoxy) is 1. The lowest BCUT2D eigenvalue weighted by Gasteiger charge is -2.09. The molecule has 4 heteroatoms. The summed E-state index contributed by atoms with van der Waals surface area (Å²) in [7, 11) is 0. The fraction of sp³-hybridized carbons (Fsp3) is 0.0588. The summed E-state index contributed by atoms with van der Waals surface area (Å²) < 4.78 is 7.78. The Balaban J connectivity index is 1.91. The molecule has 0 heterocycles. The fourth-order valence-electron chi connectivity index (χ4n) is 2.11. The number of aliphatic hydroxyl groups excluding tert-OH is 1. The molecule has 0 saturated heterocycles. The smallest absolute Gasteiger partial charge is 0.128 e. The molecular formula is C17H12Br2O2. The third kappa shape index (κ3) is 3.28. The molecule has 21 heavy (non-hydrogen) atoms. The van der Waals surface area contributed by atoms with Crippen molar-refractivity contribution in [3.05, 3.63) is 69.1 Å². The van der Waals surface area contributed by atoms with Crippen molar-refractivity contribution in [3.8, 4) is 11.5 Å². The molecule has 1 N–H and O–H groups in total. The topological polar surface area (TPSA) is 29.5 Å². The van der Waals surface area contributed by atoms with E-state index in [0.717, 1.165) is 36.8 Å². The van der Waals surface area contributed by atoms with Crippen molar-refractivity contribution in [3.63, 3.8) is 0 Å². The van der Waals surface area contributed by atoms with Crippen LogP contribution < -0.4 is 4.74 Å². The molecule has 3 aromatic rings. The Hall–Kier alpha value is -1.36. The summed E-state index contributed by atoms with van der Waals surface area (Å²) in [5.74, 6) is 1.52. The van der Waals surface area contributed by atoms with E-state index in [1.54, 1.807) is 0 Å². The van der Waals surface area contributed by atoms with Gasteiger partial charge in [0.2, 0.25) is 0 Å². The zero-order valence-electron chi connectivity index (χ0n) is 11.0. The first-order chi connectivity index (χ1) is 10.2. The van der Waals surface area contributed by atoms with Crippen LogP contribution in [0.2, 0.25) is 0 Å². The van der Waals surface area contributed by atoms with E-state index in [1.165, 1.54) is 0 Å². The van der Waals surface area contributed by atoms with E-state index in [0.29, 0.717) is 0 Å². The summed E-state index contributed by atoms with van der Waals surface area (Å²) in [5.41, 5.74) is 0.839. The molecule has 0 amide bonds. The average molecular weight is 408 g/mol. The molecular weight excluding hydrogens is 396 g/mol. The molecule has 0 radical (unpaired) electrons. The highest BCUT2D eigenvalue weighted by Gasteiger charge is 2.04. The molecule has 0 bridgehead atoms. The third-order valence-electron chi connectivity index (χ3n) is 3.20. The lowest BCUT2D eigenvalue weighted by atomic mass is 10.1. The molecule has 2 nitrogen and oxygen atoms in total. The van der Waals surface area contributed by atoms with Crippen LogP contribution in [0.15, 0.2) is 63.5 Å². The SMILES string of the molecule is OCc1ccc(Oc2ccc3cc(Br)ccc3c2)cc1Br. The van der Waals surface area contributed by atoms with Gasteiger partial charge in [0, 0.05) is 8.95 Å². The monoisotopic (exact) mass is 406 g/mol. The Morgan fingerprint density at radius 1 is 0.810 bits per heavy atom. The van der Waals surface area contributed by atoms with Crippen molar-refractivity contribution >= 4 is 42.6 Å². The molecule has 0 fully saturated rings. The molecule has 0 atom stereocenters. The summed E-state index contributed by atoms with van der Waals surface area (Å²) in [6.07, 6.45) is 0. The second-order valence-electron chi connectivity index (χ2n) is 4.67. The van der Waals surface area contributed by atoms with E-state index in [2.05, 4.69) is 44.0 Å². The molecule has 0 aliphatic heterocycles. The first-order valence-electron chi connectivity index (χ1n) is 6.42. The van der Waals surface area contributed by atoms with E-state index >= 15 is 0 Å². The number of halogens is 2. The van der Waals surface area contributed by atoms with Gasteiger partial charge in [-0.25, -0.2) is 0 Å². The van der Waals surface area contributed by atoms with Crippen LogP contribution in [0.25, 0.3) is 10.8 Å². The Morgan fingerprint density at radius 3 is 2.24 bits per heavy atom. The van der Waals surface area contributed by atoms with Crippen LogP contribution in [-0.2, 0) is 6.61 Å². The fourth-order valence-corrected chi connectivity index (χ4v) is 2.98. The van der Waals surface area contributed by atoms with Crippen molar-refractivity contribution in [2.24, 2.45) is 0 Å². The van der Waals surface area contributed by atoms with Gasteiger partial charge >= 0.3 is 0 Å². The molecule has 106 valence electrons. The second-order valence-corrected chi connectivity index (χ2v) is 6.44. The quantitative estimate of drug-likeness (QED) is 0.607. The summed E-state index contributed by atoms with van der Waals surface area (Å²) in [4.78, 5) is 0. The third-order valence-corrected chi connectivity index (χ3v) is 4.44. The van der Waals surface area contributed by atoms with E-state index in [-0.39, 0.29) is 6.61 Å². The Morgan fingerprint density at radius 2 is 1.48 bits per heavy atom. The van der Waals surface area contributed by atoms with Crippen LogP contribution in [0.3, 0.4) is 0 Å². The van der Waals surface area contributed by atoms with Gasteiger partial charge in [0.1, 0.15) is 11.5 Å². The number of rotatable bonds is 3. The van der Waals surface area contributed by atoms with Crippen molar-refractivity contribution in [2.75, 3.05) is 0 Å². The van der Waals surface area contributed by atoms with Crippen LogP contribution in [0, 0.1) is 0 Å². The number of benzene rings is 3. The number of fused-ring (bicyclic) bond motifs is 1. The van der Waals surface area contributed by atoms with Crippen LogP contribution in [0.5, 0.6) is 11.5 Å². The molecule has 0 saturated carbocycles. The maximum absolute atomic E-state index is 9.17. The van der Waals surface area contributed by atoms with Gasteiger partial charge in [0.05, 0.1) is 6.61 Å². The Kier molecular flexibility index (Phi) is 4.29. The van der Waals surface area contributed by atoms with Crippen molar-refractivity contribution < 1.29 is 9.84 Å². The zero-order valence-corrected chi connectivity index (χ0v) is 14.2. The molecule has 0 aliphatic carbocycles. The minimum Gasteiger partial charge on any atom is -0.457 e. The van der Waals surface area contributed by atoms with Crippen LogP contribution in [0.4, 0.5) is 0 Å². The highest BCUT2D eigenvalue weighted by Crippen LogP contribution is 2.30. The molecule has 0 unspecified atom stereocenters. The Labute approximate surface area is 139 Å². The number of hydrogen-bond acceptors (Lipinski definition) is 2. The van der Waals surface area contributed by atoms with Crippen LogP contribution in [0.1, 0.15) is 5.56 Å². The standard InChI is InChI=1S/C17H12Br2O2/c18-14-4-1-12-8-15(5-2-11(12)7-14)21-16-6-3-13(10-20)17(19)9-16/h1-9,20H,10H2. The molecule has 0 aromatic heterocycles. The Bertz CT molecular complexity index is 800. The van der Waals surface area contributed by atoms with Crippen molar-refractivity contribution in [1.82, 2.24) is 0 Å². The summed E-state index contributed by atoms with van der Waals surface area (Å²) in [6.45, 7) is 0.00567. The minimum atomic E-state index is 0.00567. The molecule has 0 aliphatic rings. The minimum absolute atomic E-state index is 0.00567. The first kappa shape index (κ1) is 14.6. The predicted molar refractivity (Wildman–Crippen MR) is 91.8 cm³/mol. The van der Waals surface area contributed by atoms with E-state index in [4.69, 9.17) is 9.84 Å². The van der Waals surface area contributed by atoms with Crippen LogP contribution in [-0.4, -0.2) is 5.11 Å². The molecule has 3 rings (SSSR count).